The lowest BCUT2D eigenvalue weighted by atomic mass is 10.0. The molecule has 0 spiro atoms. The average Bonchev–Trinajstić information content (AvgIpc) is 3.02. The molecule has 19 heavy (non-hydrogen) atoms. The van der Waals surface area contributed by atoms with Crippen molar-refractivity contribution in [3.05, 3.63) is 42.2 Å². The van der Waals surface area contributed by atoms with E-state index in [-0.39, 0.29) is 0 Å². The van der Waals surface area contributed by atoms with Gasteiger partial charge in [-0.15, -0.1) is 0 Å². The zero-order valence-corrected chi connectivity index (χ0v) is 11.0. The van der Waals surface area contributed by atoms with Crippen LogP contribution in [0.4, 0.5) is 0 Å². The van der Waals surface area contributed by atoms with Gasteiger partial charge in [-0.2, -0.15) is 0 Å². The number of fused-ring (bicyclic) bond motifs is 3. The molecule has 4 rings (SSSR count). The largest absolute Gasteiger partial charge is 0.456 e. The van der Waals surface area contributed by atoms with Gasteiger partial charge in [-0.1, -0.05) is 18.2 Å². The van der Waals surface area contributed by atoms with Crippen LogP contribution in [0.25, 0.3) is 21.9 Å². The number of hydrogen-bond acceptors (Lipinski definition) is 3. The molecule has 1 aliphatic heterocycles. The van der Waals surface area contributed by atoms with Crippen molar-refractivity contribution in [2.75, 3.05) is 13.6 Å². The first-order chi connectivity index (χ1) is 9.34. The van der Waals surface area contributed by atoms with Gasteiger partial charge in [0.2, 0.25) is 0 Å². The lowest BCUT2D eigenvalue weighted by Gasteiger charge is -2.19. The van der Waals surface area contributed by atoms with Gasteiger partial charge in [-0.3, -0.25) is 9.88 Å². The summed E-state index contributed by atoms with van der Waals surface area (Å²) in [5.41, 5.74) is 3.19. The molecular formula is C16H16N2O. The monoisotopic (exact) mass is 252 g/mol. The lowest BCUT2D eigenvalue weighted by molar-refractivity contribution is 0.317. The van der Waals surface area contributed by atoms with Crippen LogP contribution in [-0.4, -0.2) is 23.5 Å². The van der Waals surface area contributed by atoms with E-state index in [0.29, 0.717) is 6.04 Å². The summed E-state index contributed by atoms with van der Waals surface area (Å²) in [6, 6.07) is 8.63. The van der Waals surface area contributed by atoms with Gasteiger partial charge in [0.05, 0.1) is 0 Å². The molecule has 3 heteroatoms. The third-order valence-electron chi connectivity index (χ3n) is 4.19. The highest BCUT2D eigenvalue weighted by Gasteiger charge is 2.26. The molecule has 3 heterocycles. The Kier molecular flexibility index (Phi) is 2.35. The first kappa shape index (κ1) is 11.0. The molecule has 0 bridgehead atoms. The fourth-order valence-corrected chi connectivity index (χ4v) is 3.20. The molecule has 0 N–H and O–H groups in total. The summed E-state index contributed by atoms with van der Waals surface area (Å²) in [5.74, 6) is 0. The SMILES string of the molecule is CN1CCC[C@H]1c1cncc2c1oc1ccccc12. The Morgan fingerprint density at radius 1 is 1.21 bits per heavy atom. The van der Waals surface area contributed by atoms with Crippen LogP contribution in [0.15, 0.2) is 41.1 Å². The number of aromatic nitrogens is 1. The Hall–Kier alpha value is -1.87. The van der Waals surface area contributed by atoms with Crippen molar-refractivity contribution in [3.63, 3.8) is 0 Å². The average molecular weight is 252 g/mol. The third-order valence-corrected chi connectivity index (χ3v) is 4.19. The number of para-hydroxylation sites is 1. The molecule has 1 aliphatic rings. The summed E-state index contributed by atoms with van der Waals surface area (Å²) in [6.45, 7) is 1.15. The summed E-state index contributed by atoms with van der Waals surface area (Å²) in [7, 11) is 2.18. The molecule has 0 aliphatic carbocycles. The smallest absolute Gasteiger partial charge is 0.143 e. The number of nitrogens with zero attached hydrogens (tertiary/aromatic N) is 2. The molecule has 0 unspecified atom stereocenters. The van der Waals surface area contributed by atoms with Crippen molar-refractivity contribution in [2.24, 2.45) is 0 Å². The summed E-state index contributed by atoms with van der Waals surface area (Å²) < 4.78 is 6.08. The quantitative estimate of drug-likeness (QED) is 0.660. The molecule has 1 fully saturated rings. The van der Waals surface area contributed by atoms with Crippen LogP contribution in [0.1, 0.15) is 24.4 Å². The minimum absolute atomic E-state index is 0.441. The number of hydrogen-bond donors (Lipinski definition) is 0. The molecule has 0 radical (unpaired) electrons. The van der Waals surface area contributed by atoms with E-state index in [1.54, 1.807) is 0 Å². The van der Waals surface area contributed by atoms with Gasteiger partial charge in [0.25, 0.3) is 0 Å². The third kappa shape index (κ3) is 1.58. The zero-order chi connectivity index (χ0) is 12.8. The fraction of sp³-hybridized carbons (Fsp3) is 0.312. The highest BCUT2D eigenvalue weighted by molar-refractivity contribution is 6.05. The van der Waals surface area contributed by atoms with E-state index in [1.165, 1.54) is 18.4 Å². The van der Waals surface area contributed by atoms with Gasteiger partial charge in [-0.05, 0) is 32.5 Å². The van der Waals surface area contributed by atoms with Crippen LogP contribution in [0.5, 0.6) is 0 Å². The van der Waals surface area contributed by atoms with Crippen molar-refractivity contribution in [2.45, 2.75) is 18.9 Å². The van der Waals surface area contributed by atoms with Crippen molar-refractivity contribution >= 4 is 21.9 Å². The topological polar surface area (TPSA) is 29.3 Å². The van der Waals surface area contributed by atoms with Crippen LogP contribution in [0, 0.1) is 0 Å². The minimum Gasteiger partial charge on any atom is -0.456 e. The molecule has 1 saturated heterocycles. The van der Waals surface area contributed by atoms with Crippen LogP contribution < -0.4 is 0 Å². The molecule has 0 saturated carbocycles. The van der Waals surface area contributed by atoms with Gasteiger partial charge in [0.1, 0.15) is 11.2 Å². The summed E-state index contributed by atoms with van der Waals surface area (Å²) in [5, 5.41) is 2.29. The van der Waals surface area contributed by atoms with Gasteiger partial charge in [0, 0.05) is 34.8 Å². The minimum atomic E-state index is 0.441. The maximum atomic E-state index is 6.08. The number of pyridine rings is 1. The maximum Gasteiger partial charge on any atom is 0.143 e. The van der Waals surface area contributed by atoms with Gasteiger partial charge >= 0.3 is 0 Å². The van der Waals surface area contributed by atoms with Crippen LogP contribution >= 0.6 is 0 Å². The molecule has 3 nitrogen and oxygen atoms in total. The standard InChI is InChI=1S/C16H16N2O/c1-18-8-4-6-14(18)13-10-17-9-12-11-5-2-3-7-15(11)19-16(12)13/h2-3,5,7,9-10,14H,4,6,8H2,1H3/t14-/m0/s1. The highest BCUT2D eigenvalue weighted by atomic mass is 16.3. The van der Waals surface area contributed by atoms with E-state index in [1.807, 2.05) is 30.6 Å². The predicted octanol–water partition coefficient (Wildman–Crippen LogP) is 3.75. The van der Waals surface area contributed by atoms with Crippen molar-refractivity contribution < 1.29 is 4.42 Å². The Balaban J connectivity index is 2.01. The summed E-state index contributed by atoms with van der Waals surface area (Å²) in [4.78, 5) is 6.82. The molecular weight excluding hydrogens is 236 g/mol. The Morgan fingerprint density at radius 3 is 2.95 bits per heavy atom. The second-order valence-electron chi connectivity index (χ2n) is 5.34. The summed E-state index contributed by atoms with van der Waals surface area (Å²) in [6.07, 6.45) is 6.32. The summed E-state index contributed by atoms with van der Waals surface area (Å²) >= 11 is 0. The van der Waals surface area contributed by atoms with E-state index in [9.17, 15) is 0 Å². The number of furan rings is 1. The first-order valence-corrected chi connectivity index (χ1v) is 6.80. The maximum absolute atomic E-state index is 6.08. The fourth-order valence-electron chi connectivity index (χ4n) is 3.20. The molecule has 0 amide bonds. The lowest BCUT2D eigenvalue weighted by Crippen LogP contribution is -2.17. The van der Waals surface area contributed by atoms with E-state index >= 15 is 0 Å². The molecule has 96 valence electrons. The Labute approximate surface area is 111 Å². The van der Waals surface area contributed by atoms with Crippen LogP contribution in [0.3, 0.4) is 0 Å². The van der Waals surface area contributed by atoms with Gasteiger partial charge in [-0.25, -0.2) is 0 Å². The van der Waals surface area contributed by atoms with Crippen LogP contribution in [-0.2, 0) is 0 Å². The van der Waals surface area contributed by atoms with Crippen molar-refractivity contribution in [1.82, 2.24) is 9.88 Å². The second kappa shape index (κ2) is 4.07. The number of benzene rings is 1. The first-order valence-electron chi connectivity index (χ1n) is 6.80. The number of likely N-dealkylation sites (tertiary alicyclic amines) is 1. The van der Waals surface area contributed by atoms with Crippen LogP contribution in [0.2, 0.25) is 0 Å². The van der Waals surface area contributed by atoms with Gasteiger partial charge in [0.15, 0.2) is 0 Å². The van der Waals surface area contributed by atoms with E-state index in [2.05, 4.69) is 23.0 Å². The van der Waals surface area contributed by atoms with Crippen molar-refractivity contribution in [3.8, 4) is 0 Å². The Bertz CT molecular complexity index is 747. The molecule has 1 atom stereocenters. The molecule has 3 aromatic rings. The Morgan fingerprint density at radius 2 is 2.11 bits per heavy atom. The number of rotatable bonds is 1. The normalized spacial score (nSPS) is 20.6. The highest BCUT2D eigenvalue weighted by Crippen LogP contribution is 2.37. The van der Waals surface area contributed by atoms with E-state index in [4.69, 9.17) is 4.42 Å². The van der Waals surface area contributed by atoms with Gasteiger partial charge < -0.3 is 4.42 Å². The molecule has 2 aromatic heterocycles. The second-order valence-corrected chi connectivity index (χ2v) is 5.34. The van der Waals surface area contributed by atoms with Crippen molar-refractivity contribution in [1.29, 1.82) is 0 Å². The zero-order valence-electron chi connectivity index (χ0n) is 11.0. The van der Waals surface area contributed by atoms with E-state index < -0.39 is 0 Å². The molecule has 1 aromatic carbocycles. The van der Waals surface area contributed by atoms with E-state index in [0.717, 1.165) is 28.5 Å². The predicted molar refractivity (Wildman–Crippen MR) is 76.1 cm³/mol.